The van der Waals surface area contributed by atoms with Gasteiger partial charge in [-0.2, -0.15) is 0 Å². The molecule has 8 bridgehead atoms. The van der Waals surface area contributed by atoms with E-state index in [0.717, 1.165) is 82.5 Å². The first-order chi connectivity index (χ1) is 31.0. The second-order valence-electron chi connectivity index (χ2n) is 19.6. The first-order valence-electron chi connectivity index (χ1n) is 24.1. The second kappa shape index (κ2) is 21.5. The van der Waals surface area contributed by atoms with Crippen molar-refractivity contribution in [2.24, 2.45) is 55.5 Å². The summed E-state index contributed by atoms with van der Waals surface area (Å²) in [6, 6.07) is 0. The van der Waals surface area contributed by atoms with E-state index in [0.29, 0.717) is 51.2 Å². The molecule has 6 atom stereocenters. The summed E-state index contributed by atoms with van der Waals surface area (Å²) >= 11 is 0. The Morgan fingerprint density at radius 1 is 0.846 bits per heavy atom. The molecule has 348 valence electrons. The van der Waals surface area contributed by atoms with Crippen LogP contribution in [0, 0.1) is 35.5 Å². The molecule has 0 radical (unpaired) electrons. The molecule has 0 amide bonds. The van der Waals surface area contributed by atoms with Gasteiger partial charge in [0, 0.05) is 34.3 Å². The zero-order valence-corrected chi connectivity index (χ0v) is 40.9. The number of carbonyl (C=O) groups excluding carboxylic acids is 3. The zero-order valence-electron chi connectivity index (χ0n) is 40.9. The number of hydrogen-bond acceptors (Lipinski definition) is 10. The predicted octanol–water partition coefficient (Wildman–Crippen LogP) is 11.6. The van der Waals surface area contributed by atoms with Crippen molar-refractivity contribution >= 4 is 40.6 Å². The largest absolute Gasteiger partial charge is 0.468 e. The molecule has 1 fully saturated rings. The number of methoxy groups -OCH3 is 1. The van der Waals surface area contributed by atoms with Crippen LogP contribution >= 0.6 is 0 Å². The number of aliphatic hydroxyl groups excluding tert-OH is 1. The molecule has 1 N–H and O–H groups in total. The van der Waals surface area contributed by atoms with Gasteiger partial charge in [-0.1, -0.05) is 105 Å². The summed E-state index contributed by atoms with van der Waals surface area (Å²) < 4.78 is 10.9. The average molecular weight is 885 g/mol. The first kappa shape index (κ1) is 49.3. The van der Waals surface area contributed by atoms with Crippen LogP contribution < -0.4 is 0 Å². The molecule has 65 heavy (non-hydrogen) atoms. The van der Waals surface area contributed by atoms with Gasteiger partial charge in [0.1, 0.15) is 12.5 Å². The van der Waals surface area contributed by atoms with Crippen LogP contribution in [0.15, 0.2) is 124 Å². The third kappa shape index (κ3) is 10.8. The Bertz CT molecular complexity index is 2370. The van der Waals surface area contributed by atoms with Crippen molar-refractivity contribution in [3.63, 3.8) is 0 Å². The number of rotatable bonds is 20. The van der Waals surface area contributed by atoms with Crippen molar-refractivity contribution in [2.75, 3.05) is 13.7 Å². The minimum atomic E-state index is -1.50. The fourth-order valence-electron chi connectivity index (χ4n) is 10.1. The van der Waals surface area contributed by atoms with Gasteiger partial charge >= 0.3 is 11.9 Å². The molecular weight excluding hydrogens is 813 g/mol. The van der Waals surface area contributed by atoms with E-state index < -0.39 is 35.7 Å². The number of aliphatic hydroxyl groups is 1. The lowest BCUT2D eigenvalue weighted by atomic mass is 9.82. The van der Waals surface area contributed by atoms with Gasteiger partial charge in [0.25, 0.3) is 0 Å². The van der Waals surface area contributed by atoms with Gasteiger partial charge in [0.05, 0.1) is 47.0 Å². The molecular formula is C55H72N4O6. The predicted molar refractivity (Wildman–Crippen MR) is 263 cm³/mol. The number of carbonyl (C=O) groups is 3. The number of aliphatic imine (C=N–C) groups is 4. The topological polar surface area (TPSA) is 139 Å². The van der Waals surface area contributed by atoms with Crippen molar-refractivity contribution in [2.45, 2.75) is 146 Å². The van der Waals surface area contributed by atoms with Crippen LogP contribution in [0.5, 0.6) is 0 Å². The maximum atomic E-state index is 14.4. The Balaban J connectivity index is 1.22. The van der Waals surface area contributed by atoms with Crippen molar-refractivity contribution in [3.8, 4) is 0 Å². The minimum Gasteiger partial charge on any atom is -0.468 e. The molecule has 5 aliphatic heterocycles. The molecule has 0 aromatic heterocycles. The summed E-state index contributed by atoms with van der Waals surface area (Å²) in [6.07, 6.45) is 19.7. The van der Waals surface area contributed by atoms with E-state index in [1.165, 1.54) is 45.6 Å². The standard InChI is InChI=1S/C55H72N4O6/c1-13-38-34(8)41-27-43-36(10)40(26-47(60)54(62)65-25-24-33(7)23-17-22-32(6)21-16-20-31(5)19-15-18-30(3)4)51(58-43)49-50(55(63)64-12)53(61)48-37(11)44(59-52(48)49)29-46-39(14-2)35(9)42(57-46)28-45(38)56-41/h13,24,27-32,36,40,47,50,60H,1,14-23,25-26H2,2-12H3/t31-,32-,36+,40+,47+,50-/m1/s1. The van der Waals surface area contributed by atoms with E-state index in [1.54, 1.807) is 6.08 Å². The first-order valence-corrected chi connectivity index (χ1v) is 24.1. The minimum absolute atomic E-state index is 0.0553. The molecule has 10 nitrogen and oxygen atoms in total. The maximum absolute atomic E-state index is 14.4. The number of fused-ring (bicyclic) bond motifs is 4. The Hall–Kier alpha value is -5.09. The molecule has 0 unspecified atom stereocenters. The average Bonchev–Trinajstić information content (AvgIpc) is 4.00. The molecule has 6 rings (SSSR count). The van der Waals surface area contributed by atoms with Gasteiger partial charge in [-0.05, 0) is 118 Å². The van der Waals surface area contributed by atoms with E-state index in [4.69, 9.17) is 29.4 Å². The highest BCUT2D eigenvalue weighted by molar-refractivity contribution is 6.43. The molecule has 1 aliphatic carbocycles. The number of ketones is 1. The highest BCUT2D eigenvalue weighted by atomic mass is 16.5. The van der Waals surface area contributed by atoms with Gasteiger partial charge in [0.15, 0.2) is 11.9 Å². The van der Waals surface area contributed by atoms with Crippen LogP contribution in [-0.2, 0) is 23.9 Å². The fraction of sp³-hybridized carbons (Fsp3) is 0.545. The normalized spacial score (nSPS) is 23.1. The van der Waals surface area contributed by atoms with Crippen molar-refractivity contribution in [1.29, 1.82) is 0 Å². The summed E-state index contributed by atoms with van der Waals surface area (Å²) in [7, 11) is 1.26. The lowest BCUT2D eigenvalue weighted by Gasteiger charge is -2.22. The van der Waals surface area contributed by atoms with E-state index in [2.05, 4.69) is 55.0 Å². The number of ether oxygens (including phenoxy) is 2. The number of allylic oxidation sites excluding steroid dienone is 12. The quantitative estimate of drug-likeness (QED) is 0.0733. The van der Waals surface area contributed by atoms with Crippen molar-refractivity contribution in [1.82, 2.24) is 0 Å². The van der Waals surface area contributed by atoms with Gasteiger partial charge in [-0.15, -0.1) is 0 Å². The number of hydrogen-bond donors (Lipinski definition) is 1. The van der Waals surface area contributed by atoms with E-state index in [9.17, 15) is 19.5 Å². The third-order valence-electron chi connectivity index (χ3n) is 14.3. The smallest absolute Gasteiger partial charge is 0.335 e. The molecule has 10 heteroatoms. The van der Waals surface area contributed by atoms with Crippen LogP contribution in [0.2, 0.25) is 0 Å². The molecule has 5 heterocycles. The van der Waals surface area contributed by atoms with E-state index in [1.807, 2.05) is 45.1 Å². The summed E-state index contributed by atoms with van der Waals surface area (Å²) in [4.78, 5) is 61.8. The van der Waals surface area contributed by atoms with Crippen LogP contribution in [0.25, 0.3) is 0 Å². The lowest BCUT2D eigenvalue weighted by molar-refractivity contribution is -0.153. The number of esters is 2. The number of nitrogens with zero attached hydrogens (tertiary/aromatic N) is 4. The Labute approximate surface area is 387 Å². The van der Waals surface area contributed by atoms with Crippen molar-refractivity contribution in [3.05, 3.63) is 104 Å². The highest BCUT2D eigenvalue weighted by Gasteiger charge is 2.52. The highest BCUT2D eigenvalue weighted by Crippen LogP contribution is 2.47. The lowest BCUT2D eigenvalue weighted by Crippen LogP contribution is -2.30. The van der Waals surface area contributed by atoms with E-state index in [-0.39, 0.29) is 18.9 Å². The SMILES string of the molecule is C=CC1=C(C)C2=CC3=NC(=C4C5=NC(=CC6=NC(=CC1=N2)C(C)=C6CC)C(C)=C5C(=O)[C@@H]4C(=O)OC)[C@@H](C[C@H](O)C(=O)OCC=C(C)CCC[C@H](C)CCC[C@H](C)CCCC(C)C)[C@@H]3C. The van der Waals surface area contributed by atoms with Crippen LogP contribution in [-0.4, -0.2) is 65.5 Å². The summed E-state index contributed by atoms with van der Waals surface area (Å²) in [5, 5.41) is 11.5. The van der Waals surface area contributed by atoms with Crippen LogP contribution in [0.3, 0.4) is 0 Å². The van der Waals surface area contributed by atoms with Gasteiger partial charge < -0.3 is 14.6 Å². The molecule has 0 aromatic rings. The Kier molecular flexibility index (Phi) is 16.3. The van der Waals surface area contributed by atoms with Crippen molar-refractivity contribution < 1.29 is 29.0 Å². The molecule has 0 spiro atoms. The molecule has 0 saturated heterocycles. The Morgan fingerprint density at radius 3 is 2.11 bits per heavy atom. The molecule has 6 aliphatic rings. The monoisotopic (exact) mass is 885 g/mol. The summed E-state index contributed by atoms with van der Waals surface area (Å²) in [5.41, 5.74) is 11.3. The molecule has 1 saturated carbocycles. The van der Waals surface area contributed by atoms with Gasteiger partial charge in [0.2, 0.25) is 0 Å². The third-order valence-corrected chi connectivity index (χ3v) is 14.3. The Morgan fingerprint density at radius 2 is 1.46 bits per heavy atom. The van der Waals surface area contributed by atoms with Gasteiger partial charge in [-0.25, -0.2) is 19.8 Å². The maximum Gasteiger partial charge on any atom is 0.335 e. The molecule has 0 aromatic carbocycles. The summed E-state index contributed by atoms with van der Waals surface area (Å²) in [6.45, 7) is 25.5. The van der Waals surface area contributed by atoms with Crippen LogP contribution in [0.1, 0.15) is 140 Å². The van der Waals surface area contributed by atoms with Gasteiger partial charge in [-0.3, -0.25) is 14.6 Å². The second-order valence-corrected chi connectivity index (χ2v) is 19.6. The number of Topliss-reactive ketones (excluding diaryl/α,β-unsaturated/α-hetero) is 1. The summed E-state index contributed by atoms with van der Waals surface area (Å²) in [5.74, 6) is -1.89. The fourth-order valence-corrected chi connectivity index (χ4v) is 10.1. The van der Waals surface area contributed by atoms with Crippen LogP contribution in [0.4, 0.5) is 0 Å². The zero-order chi connectivity index (χ0) is 47.3. The van der Waals surface area contributed by atoms with E-state index >= 15 is 0 Å².